The Morgan fingerprint density at radius 1 is 1.33 bits per heavy atom. The lowest BCUT2D eigenvalue weighted by Crippen LogP contribution is -2.21. The van der Waals surface area contributed by atoms with Gasteiger partial charge >= 0.3 is 0 Å². The Morgan fingerprint density at radius 3 is 2.83 bits per heavy atom. The van der Waals surface area contributed by atoms with Crippen molar-refractivity contribution in [2.24, 2.45) is 11.8 Å². The van der Waals surface area contributed by atoms with Gasteiger partial charge in [-0.1, -0.05) is 19.1 Å². The van der Waals surface area contributed by atoms with Gasteiger partial charge in [-0.2, -0.15) is 4.98 Å². The first-order valence-electron chi connectivity index (χ1n) is 6.50. The van der Waals surface area contributed by atoms with Gasteiger partial charge in [-0.15, -0.1) is 0 Å². The summed E-state index contributed by atoms with van der Waals surface area (Å²) in [4.78, 5) is 8.55. The molecule has 2 atom stereocenters. The molecule has 0 fully saturated rings. The molecule has 0 saturated heterocycles. The number of anilines is 1. The summed E-state index contributed by atoms with van der Waals surface area (Å²) in [6.07, 6.45) is 6.76. The lowest BCUT2D eigenvalue weighted by Gasteiger charge is -2.24. The first kappa shape index (κ1) is 12.9. The van der Waals surface area contributed by atoms with Crippen LogP contribution in [-0.4, -0.2) is 23.6 Å². The topological polar surface area (TPSA) is 47.0 Å². The Morgan fingerprint density at radius 2 is 2.11 bits per heavy atom. The van der Waals surface area contributed by atoms with Gasteiger partial charge in [0.05, 0.1) is 6.61 Å². The first-order valence-corrected chi connectivity index (χ1v) is 6.50. The van der Waals surface area contributed by atoms with Crippen molar-refractivity contribution < 1.29 is 4.74 Å². The summed E-state index contributed by atoms with van der Waals surface area (Å²) in [5, 5.41) is 3.01. The van der Waals surface area contributed by atoms with Crippen LogP contribution < -0.4 is 10.1 Å². The number of ether oxygens (including phenoxy) is 1. The zero-order valence-corrected chi connectivity index (χ0v) is 11.3. The molecule has 0 spiro atoms. The van der Waals surface area contributed by atoms with E-state index in [1.54, 1.807) is 0 Å². The molecule has 0 bridgehead atoms. The standard InChI is InChI=1S/C14H21N3O/c1-10-6-4-5-7-12(10)9-18-14-8-13(15-3)16-11(2)17-14/h4-5,8,10,12H,6-7,9H2,1-3H3,(H,15,16,17). The smallest absolute Gasteiger partial charge is 0.218 e. The second-order valence-electron chi connectivity index (χ2n) is 4.88. The molecular formula is C14H21N3O. The Balaban J connectivity index is 1.97. The van der Waals surface area contributed by atoms with Crippen molar-refractivity contribution in [2.45, 2.75) is 26.7 Å². The fourth-order valence-corrected chi connectivity index (χ4v) is 2.17. The van der Waals surface area contributed by atoms with E-state index in [0.717, 1.165) is 31.1 Å². The highest BCUT2D eigenvalue weighted by Crippen LogP contribution is 2.25. The van der Waals surface area contributed by atoms with Gasteiger partial charge in [-0.05, 0) is 31.6 Å². The van der Waals surface area contributed by atoms with Gasteiger partial charge in [0.2, 0.25) is 5.88 Å². The number of rotatable bonds is 4. The summed E-state index contributed by atoms with van der Waals surface area (Å²) in [6.45, 7) is 4.88. The fraction of sp³-hybridized carbons (Fsp3) is 0.571. The number of aryl methyl sites for hydroxylation is 1. The van der Waals surface area contributed by atoms with Gasteiger partial charge in [0.15, 0.2) is 0 Å². The molecule has 98 valence electrons. The third-order valence-electron chi connectivity index (χ3n) is 3.43. The summed E-state index contributed by atoms with van der Waals surface area (Å²) in [5.41, 5.74) is 0. The molecule has 0 aromatic carbocycles. The van der Waals surface area contributed by atoms with Gasteiger partial charge in [-0.25, -0.2) is 4.98 Å². The van der Waals surface area contributed by atoms with E-state index in [2.05, 4.69) is 34.4 Å². The monoisotopic (exact) mass is 247 g/mol. The van der Waals surface area contributed by atoms with Crippen LogP contribution in [0.2, 0.25) is 0 Å². The van der Waals surface area contributed by atoms with Gasteiger partial charge < -0.3 is 10.1 Å². The Hall–Kier alpha value is -1.58. The van der Waals surface area contributed by atoms with Gasteiger partial charge in [0.25, 0.3) is 0 Å². The Bertz CT molecular complexity index is 431. The number of nitrogens with one attached hydrogen (secondary N) is 1. The van der Waals surface area contributed by atoms with E-state index in [-0.39, 0.29) is 0 Å². The molecule has 0 radical (unpaired) electrons. The minimum absolute atomic E-state index is 0.586. The highest BCUT2D eigenvalue weighted by atomic mass is 16.5. The minimum Gasteiger partial charge on any atom is -0.477 e. The lowest BCUT2D eigenvalue weighted by atomic mass is 9.85. The molecule has 1 aliphatic carbocycles. The predicted octanol–water partition coefficient (Wildman–Crippen LogP) is 2.81. The molecule has 1 heterocycles. The first-order chi connectivity index (χ1) is 8.69. The number of allylic oxidation sites excluding steroid dienone is 2. The van der Waals surface area contributed by atoms with E-state index >= 15 is 0 Å². The maximum Gasteiger partial charge on any atom is 0.218 e. The normalized spacial score (nSPS) is 22.8. The molecule has 4 heteroatoms. The lowest BCUT2D eigenvalue weighted by molar-refractivity contribution is 0.192. The second kappa shape index (κ2) is 5.85. The zero-order chi connectivity index (χ0) is 13.0. The van der Waals surface area contributed by atoms with Crippen LogP contribution >= 0.6 is 0 Å². The molecule has 0 amide bonds. The van der Waals surface area contributed by atoms with Crippen molar-refractivity contribution in [2.75, 3.05) is 19.0 Å². The SMILES string of the molecule is CNc1cc(OCC2CC=CCC2C)nc(C)n1. The van der Waals surface area contributed by atoms with Gasteiger partial charge in [0, 0.05) is 13.1 Å². The van der Waals surface area contributed by atoms with Crippen LogP contribution in [0.3, 0.4) is 0 Å². The molecule has 2 unspecified atom stereocenters. The van der Waals surface area contributed by atoms with E-state index in [9.17, 15) is 0 Å². The molecule has 18 heavy (non-hydrogen) atoms. The summed E-state index contributed by atoms with van der Waals surface area (Å²) in [5.74, 6) is 3.46. The van der Waals surface area contributed by atoms with Crippen LogP contribution in [0, 0.1) is 18.8 Å². The zero-order valence-electron chi connectivity index (χ0n) is 11.3. The van der Waals surface area contributed by atoms with Crippen LogP contribution in [-0.2, 0) is 0 Å². The van der Waals surface area contributed by atoms with Crippen LogP contribution in [0.4, 0.5) is 5.82 Å². The van der Waals surface area contributed by atoms with Crippen molar-refractivity contribution >= 4 is 5.82 Å². The third-order valence-corrected chi connectivity index (χ3v) is 3.43. The minimum atomic E-state index is 0.586. The van der Waals surface area contributed by atoms with E-state index in [4.69, 9.17) is 4.74 Å². The molecule has 2 rings (SSSR count). The average Bonchev–Trinajstić information content (AvgIpc) is 2.37. The van der Waals surface area contributed by atoms with Gasteiger partial charge in [-0.3, -0.25) is 0 Å². The maximum atomic E-state index is 5.81. The Labute approximate surface area is 108 Å². The quantitative estimate of drug-likeness (QED) is 0.831. The summed E-state index contributed by atoms with van der Waals surface area (Å²) in [7, 11) is 1.85. The van der Waals surface area contributed by atoms with E-state index in [1.165, 1.54) is 0 Å². The number of hydrogen-bond donors (Lipinski definition) is 1. The molecule has 1 aliphatic rings. The van der Waals surface area contributed by atoms with E-state index in [1.807, 2.05) is 20.0 Å². The summed E-state index contributed by atoms with van der Waals surface area (Å²) >= 11 is 0. The maximum absolute atomic E-state index is 5.81. The van der Waals surface area contributed by atoms with Crippen molar-refractivity contribution in [3.63, 3.8) is 0 Å². The fourth-order valence-electron chi connectivity index (χ4n) is 2.17. The molecule has 4 nitrogen and oxygen atoms in total. The number of aromatic nitrogens is 2. The van der Waals surface area contributed by atoms with Crippen LogP contribution in [0.5, 0.6) is 5.88 Å². The third kappa shape index (κ3) is 3.22. The van der Waals surface area contributed by atoms with E-state index in [0.29, 0.717) is 17.7 Å². The predicted molar refractivity (Wildman–Crippen MR) is 72.8 cm³/mol. The van der Waals surface area contributed by atoms with Crippen molar-refractivity contribution in [1.82, 2.24) is 9.97 Å². The Kier molecular flexibility index (Phi) is 4.18. The highest BCUT2D eigenvalue weighted by Gasteiger charge is 2.19. The number of hydrogen-bond acceptors (Lipinski definition) is 4. The van der Waals surface area contributed by atoms with Crippen LogP contribution in [0.25, 0.3) is 0 Å². The van der Waals surface area contributed by atoms with Crippen LogP contribution in [0.1, 0.15) is 25.6 Å². The highest BCUT2D eigenvalue weighted by molar-refractivity contribution is 5.37. The van der Waals surface area contributed by atoms with Gasteiger partial charge in [0.1, 0.15) is 11.6 Å². The van der Waals surface area contributed by atoms with Crippen molar-refractivity contribution in [3.8, 4) is 5.88 Å². The second-order valence-corrected chi connectivity index (χ2v) is 4.88. The molecule has 1 N–H and O–H groups in total. The summed E-state index contributed by atoms with van der Waals surface area (Å²) in [6, 6.07) is 1.84. The molecule has 1 aromatic rings. The number of nitrogens with zero attached hydrogens (tertiary/aromatic N) is 2. The van der Waals surface area contributed by atoms with E-state index < -0.39 is 0 Å². The molecule has 0 aliphatic heterocycles. The van der Waals surface area contributed by atoms with Crippen LogP contribution in [0.15, 0.2) is 18.2 Å². The molecule has 0 saturated carbocycles. The molecular weight excluding hydrogens is 226 g/mol. The average molecular weight is 247 g/mol. The van der Waals surface area contributed by atoms with Crippen molar-refractivity contribution in [1.29, 1.82) is 0 Å². The van der Waals surface area contributed by atoms with Crippen molar-refractivity contribution in [3.05, 3.63) is 24.0 Å². The largest absolute Gasteiger partial charge is 0.477 e. The summed E-state index contributed by atoms with van der Waals surface area (Å²) < 4.78 is 5.81. The molecule has 1 aromatic heterocycles.